The van der Waals surface area contributed by atoms with E-state index in [0.717, 1.165) is 11.3 Å². The maximum Gasteiger partial charge on any atom is 0.222 e. The molecular weight excluding hydrogens is 216 g/mol. The zero-order valence-electron chi connectivity index (χ0n) is 9.34. The summed E-state index contributed by atoms with van der Waals surface area (Å²) in [6, 6.07) is 7.35. The number of nitrogens with two attached hydrogens (primary N) is 1. The number of amides is 1. The van der Waals surface area contributed by atoms with Gasteiger partial charge in [-0.05, 0) is 12.1 Å². The summed E-state index contributed by atoms with van der Waals surface area (Å²) < 4.78 is 0. The number of benzene rings is 1. The van der Waals surface area contributed by atoms with Crippen molar-refractivity contribution >= 4 is 17.4 Å². The van der Waals surface area contributed by atoms with Gasteiger partial charge in [-0.2, -0.15) is 0 Å². The number of carbonyl (C=O) groups is 1. The van der Waals surface area contributed by atoms with E-state index in [0.29, 0.717) is 11.5 Å². The van der Waals surface area contributed by atoms with Gasteiger partial charge in [0.25, 0.3) is 0 Å². The van der Waals surface area contributed by atoms with E-state index in [1.165, 1.54) is 13.1 Å². The van der Waals surface area contributed by atoms with Gasteiger partial charge in [0.2, 0.25) is 5.91 Å². The molecule has 0 saturated carbocycles. The van der Waals surface area contributed by atoms with Gasteiger partial charge in [-0.15, -0.1) is 0 Å². The van der Waals surface area contributed by atoms with Crippen molar-refractivity contribution in [2.45, 2.75) is 6.92 Å². The summed E-state index contributed by atoms with van der Waals surface area (Å²) in [5, 5.41) is 2.56. The van der Waals surface area contributed by atoms with Crippen molar-refractivity contribution in [3.63, 3.8) is 0 Å². The van der Waals surface area contributed by atoms with Crippen LogP contribution in [0, 0.1) is 0 Å². The fraction of sp³-hybridized carbons (Fsp3) is 0.0833. The third-order valence-electron chi connectivity index (χ3n) is 2.16. The standard InChI is InChI=1S/C12H12N4O/c1-8(17)16-12-7-14-11(6-15-12)9-2-4-10(13)5-3-9/h2-7H,13H2,1H3,(H,15,16,17). The molecule has 0 spiro atoms. The second-order valence-electron chi connectivity index (χ2n) is 3.59. The molecule has 17 heavy (non-hydrogen) atoms. The quantitative estimate of drug-likeness (QED) is 0.766. The number of anilines is 2. The van der Waals surface area contributed by atoms with Crippen molar-refractivity contribution in [3.8, 4) is 11.3 Å². The van der Waals surface area contributed by atoms with Crippen molar-refractivity contribution in [3.05, 3.63) is 36.7 Å². The molecule has 0 radical (unpaired) electrons. The largest absolute Gasteiger partial charge is 0.399 e. The Morgan fingerprint density at radius 3 is 2.41 bits per heavy atom. The third kappa shape index (κ3) is 2.78. The van der Waals surface area contributed by atoms with E-state index in [1.807, 2.05) is 12.1 Å². The number of hydrogen-bond donors (Lipinski definition) is 2. The Labute approximate surface area is 98.7 Å². The highest BCUT2D eigenvalue weighted by Crippen LogP contribution is 2.17. The monoisotopic (exact) mass is 228 g/mol. The number of carbonyl (C=O) groups excluding carboxylic acids is 1. The predicted molar refractivity (Wildman–Crippen MR) is 66.2 cm³/mol. The summed E-state index contributed by atoms with van der Waals surface area (Å²) in [5.74, 6) is 0.274. The van der Waals surface area contributed by atoms with Crippen molar-refractivity contribution < 1.29 is 4.79 Å². The minimum Gasteiger partial charge on any atom is -0.399 e. The molecule has 0 aliphatic carbocycles. The molecule has 1 heterocycles. The lowest BCUT2D eigenvalue weighted by Gasteiger charge is -2.03. The highest BCUT2D eigenvalue weighted by molar-refractivity contribution is 5.87. The van der Waals surface area contributed by atoms with Crippen molar-refractivity contribution in [2.24, 2.45) is 0 Å². The van der Waals surface area contributed by atoms with E-state index in [9.17, 15) is 4.79 Å². The molecule has 1 aromatic heterocycles. The van der Waals surface area contributed by atoms with Gasteiger partial charge in [0.05, 0.1) is 18.1 Å². The fourth-order valence-electron chi connectivity index (χ4n) is 1.38. The maximum atomic E-state index is 10.8. The topological polar surface area (TPSA) is 80.9 Å². The molecule has 0 aliphatic heterocycles. The molecule has 5 heteroatoms. The third-order valence-corrected chi connectivity index (χ3v) is 2.16. The molecule has 5 nitrogen and oxygen atoms in total. The Kier molecular flexibility index (Phi) is 3.00. The van der Waals surface area contributed by atoms with Crippen LogP contribution >= 0.6 is 0 Å². The lowest BCUT2D eigenvalue weighted by molar-refractivity contribution is -0.114. The first kappa shape index (κ1) is 11.1. The molecule has 1 amide bonds. The molecule has 0 unspecified atom stereocenters. The number of nitrogen functional groups attached to an aromatic ring is 1. The van der Waals surface area contributed by atoms with E-state index in [2.05, 4.69) is 15.3 Å². The molecule has 0 bridgehead atoms. The molecule has 86 valence electrons. The van der Waals surface area contributed by atoms with Gasteiger partial charge in [0.1, 0.15) is 0 Å². The molecule has 0 aliphatic rings. The van der Waals surface area contributed by atoms with Crippen LogP contribution in [0.4, 0.5) is 11.5 Å². The number of hydrogen-bond acceptors (Lipinski definition) is 4. The Hall–Kier alpha value is -2.43. The van der Waals surface area contributed by atoms with Gasteiger partial charge in [0, 0.05) is 18.2 Å². The predicted octanol–water partition coefficient (Wildman–Crippen LogP) is 1.68. The minimum absolute atomic E-state index is 0.167. The van der Waals surface area contributed by atoms with Crippen LogP contribution in [0.1, 0.15) is 6.92 Å². The first-order chi connectivity index (χ1) is 8.15. The highest BCUT2D eigenvalue weighted by Gasteiger charge is 2.01. The van der Waals surface area contributed by atoms with Gasteiger partial charge in [-0.3, -0.25) is 9.78 Å². The van der Waals surface area contributed by atoms with Gasteiger partial charge in [0.15, 0.2) is 5.82 Å². The second-order valence-corrected chi connectivity index (χ2v) is 3.59. The maximum absolute atomic E-state index is 10.8. The Bertz CT molecular complexity index is 519. The van der Waals surface area contributed by atoms with E-state index in [4.69, 9.17) is 5.73 Å². The summed E-state index contributed by atoms with van der Waals surface area (Å²) in [6.07, 6.45) is 3.13. The summed E-state index contributed by atoms with van der Waals surface area (Å²) in [6.45, 7) is 1.43. The molecule has 2 rings (SSSR count). The lowest BCUT2D eigenvalue weighted by Crippen LogP contribution is -2.07. The van der Waals surface area contributed by atoms with E-state index in [1.54, 1.807) is 18.3 Å². The van der Waals surface area contributed by atoms with Crippen LogP contribution in [-0.4, -0.2) is 15.9 Å². The van der Waals surface area contributed by atoms with E-state index in [-0.39, 0.29) is 5.91 Å². The summed E-state index contributed by atoms with van der Waals surface area (Å²) >= 11 is 0. The summed E-state index contributed by atoms with van der Waals surface area (Å²) in [4.78, 5) is 19.1. The summed E-state index contributed by atoms with van der Waals surface area (Å²) in [7, 11) is 0. The van der Waals surface area contributed by atoms with Crippen molar-refractivity contribution in [2.75, 3.05) is 11.1 Å². The smallest absolute Gasteiger partial charge is 0.222 e. The van der Waals surface area contributed by atoms with Crippen LogP contribution in [-0.2, 0) is 4.79 Å². The Morgan fingerprint density at radius 2 is 1.88 bits per heavy atom. The fourth-order valence-corrected chi connectivity index (χ4v) is 1.38. The zero-order valence-corrected chi connectivity index (χ0v) is 9.34. The van der Waals surface area contributed by atoms with E-state index >= 15 is 0 Å². The minimum atomic E-state index is -0.167. The van der Waals surface area contributed by atoms with Crippen LogP contribution in [0.15, 0.2) is 36.7 Å². The zero-order chi connectivity index (χ0) is 12.3. The average molecular weight is 228 g/mol. The first-order valence-corrected chi connectivity index (χ1v) is 5.11. The van der Waals surface area contributed by atoms with Gasteiger partial charge in [-0.25, -0.2) is 4.98 Å². The normalized spacial score (nSPS) is 9.94. The van der Waals surface area contributed by atoms with E-state index < -0.39 is 0 Å². The van der Waals surface area contributed by atoms with Gasteiger partial charge >= 0.3 is 0 Å². The first-order valence-electron chi connectivity index (χ1n) is 5.11. The van der Waals surface area contributed by atoms with Crippen LogP contribution in [0.2, 0.25) is 0 Å². The molecule has 0 saturated heterocycles. The Morgan fingerprint density at radius 1 is 1.18 bits per heavy atom. The molecule has 1 aromatic carbocycles. The summed E-state index contributed by atoms with van der Waals surface area (Å²) in [5.41, 5.74) is 7.97. The molecule has 0 fully saturated rings. The lowest BCUT2D eigenvalue weighted by atomic mass is 10.1. The number of rotatable bonds is 2. The SMILES string of the molecule is CC(=O)Nc1cnc(-c2ccc(N)cc2)cn1. The van der Waals surface area contributed by atoms with Gasteiger partial charge < -0.3 is 11.1 Å². The molecule has 2 aromatic rings. The molecule has 3 N–H and O–H groups in total. The van der Waals surface area contributed by atoms with Crippen LogP contribution in [0.5, 0.6) is 0 Å². The second kappa shape index (κ2) is 4.61. The number of aromatic nitrogens is 2. The number of nitrogens with one attached hydrogen (secondary N) is 1. The molecule has 0 atom stereocenters. The average Bonchev–Trinajstić information content (AvgIpc) is 2.30. The van der Waals surface area contributed by atoms with Gasteiger partial charge in [-0.1, -0.05) is 12.1 Å². The van der Waals surface area contributed by atoms with Crippen LogP contribution < -0.4 is 11.1 Å². The number of nitrogens with zero attached hydrogens (tertiary/aromatic N) is 2. The van der Waals surface area contributed by atoms with Crippen molar-refractivity contribution in [1.82, 2.24) is 9.97 Å². The van der Waals surface area contributed by atoms with Crippen molar-refractivity contribution in [1.29, 1.82) is 0 Å². The van der Waals surface area contributed by atoms with Crippen LogP contribution in [0.3, 0.4) is 0 Å². The molecular formula is C12H12N4O. The highest BCUT2D eigenvalue weighted by atomic mass is 16.1. The van der Waals surface area contributed by atoms with Crippen LogP contribution in [0.25, 0.3) is 11.3 Å². The Balaban J connectivity index is 2.23.